The Bertz CT molecular complexity index is 150. The minimum Gasteiger partial charge on any atom is -0.306 e. The summed E-state index contributed by atoms with van der Waals surface area (Å²) in [6, 6.07) is 0. The lowest BCUT2D eigenvalue weighted by Crippen LogP contribution is -2.35. The Balaban J connectivity index is 1.58. The summed E-state index contributed by atoms with van der Waals surface area (Å²) in [5, 5.41) is 0. The van der Waals surface area contributed by atoms with Crippen molar-refractivity contribution in [2.45, 2.75) is 30.5 Å². The zero-order valence-electron chi connectivity index (χ0n) is 7.80. The molecule has 2 saturated carbocycles. The van der Waals surface area contributed by atoms with Crippen molar-refractivity contribution < 1.29 is 0 Å². The van der Waals surface area contributed by atoms with Crippen LogP contribution >= 0.6 is 15.9 Å². The second kappa shape index (κ2) is 3.67. The van der Waals surface area contributed by atoms with Crippen molar-refractivity contribution in [3.05, 3.63) is 0 Å². The van der Waals surface area contributed by atoms with E-state index in [4.69, 9.17) is 0 Å². The summed E-state index contributed by atoms with van der Waals surface area (Å²) in [5.74, 6) is 2.04. The van der Waals surface area contributed by atoms with Crippen LogP contribution in [0.15, 0.2) is 0 Å². The van der Waals surface area contributed by atoms with Crippen molar-refractivity contribution in [2.75, 3.05) is 20.1 Å². The van der Waals surface area contributed by atoms with Crippen LogP contribution in [-0.4, -0.2) is 29.9 Å². The fourth-order valence-electron chi connectivity index (χ4n) is 2.06. The first kappa shape index (κ1) is 9.01. The molecule has 0 atom stereocenters. The Morgan fingerprint density at radius 3 is 2.25 bits per heavy atom. The maximum atomic E-state index is 3.64. The zero-order valence-corrected chi connectivity index (χ0v) is 9.39. The Morgan fingerprint density at radius 2 is 1.75 bits per heavy atom. The van der Waals surface area contributed by atoms with Gasteiger partial charge < -0.3 is 4.90 Å². The Hall–Kier alpha value is 0.440. The van der Waals surface area contributed by atoms with E-state index in [1.54, 1.807) is 0 Å². The van der Waals surface area contributed by atoms with E-state index in [1.165, 1.54) is 38.8 Å². The minimum atomic E-state index is 0.830. The van der Waals surface area contributed by atoms with Crippen LogP contribution in [0.25, 0.3) is 0 Å². The third-order valence-corrected chi connectivity index (χ3v) is 3.76. The molecule has 2 aliphatic carbocycles. The summed E-state index contributed by atoms with van der Waals surface area (Å²) in [7, 11) is 2.28. The van der Waals surface area contributed by atoms with Crippen molar-refractivity contribution in [3.63, 3.8) is 0 Å². The van der Waals surface area contributed by atoms with E-state index < -0.39 is 0 Å². The van der Waals surface area contributed by atoms with Crippen LogP contribution in [0.5, 0.6) is 0 Å². The van der Waals surface area contributed by atoms with Gasteiger partial charge in [-0.25, -0.2) is 0 Å². The van der Waals surface area contributed by atoms with Crippen LogP contribution in [0.3, 0.4) is 0 Å². The van der Waals surface area contributed by atoms with Crippen LogP contribution < -0.4 is 0 Å². The predicted octanol–water partition coefficient (Wildman–Crippen LogP) is 2.50. The lowest BCUT2D eigenvalue weighted by atomic mass is 9.85. The van der Waals surface area contributed by atoms with Crippen LogP contribution in [0.2, 0.25) is 0 Å². The quantitative estimate of drug-likeness (QED) is 0.673. The average Bonchev–Trinajstić information content (AvgIpc) is 2.68. The molecule has 0 aliphatic heterocycles. The summed E-state index contributed by atoms with van der Waals surface area (Å²) in [5.41, 5.74) is 0. The molecule has 0 N–H and O–H groups in total. The van der Waals surface area contributed by atoms with E-state index in [2.05, 4.69) is 27.9 Å². The normalized spacial score (nSPS) is 35.2. The molecule has 0 bridgehead atoms. The minimum absolute atomic E-state index is 0.830. The fraction of sp³-hybridized carbons (Fsp3) is 1.00. The van der Waals surface area contributed by atoms with Gasteiger partial charge in [0.05, 0.1) is 0 Å². The van der Waals surface area contributed by atoms with Crippen molar-refractivity contribution in [2.24, 2.45) is 11.8 Å². The summed E-state index contributed by atoms with van der Waals surface area (Å²) in [6.45, 7) is 2.68. The molecular weight excluding hydrogens is 214 g/mol. The molecule has 0 unspecified atom stereocenters. The van der Waals surface area contributed by atoms with E-state index in [-0.39, 0.29) is 0 Å². The van der Waals surface area contributed by atoms with Gasteiger partial charge in [-0.05, 0) is 44.6 Å². The van der Waals surface area contributed by atoms with Gasteiger partial charge in [0.1, 0.15) is 0 Å². The molecule has 2 fully saturated rings. The number of hydrogen-bond donors (Lipinski definition) is 0. The predicted molar refractivity (Wildman–Crippen MR) is 55.7 cm³/mol. The summed E-state index contributed by atoms with van der Waals surface area (Å²) < 4.78 is 0. The highest BCUT2D eigenvalue weighted by molar-refractivity contribution is 9.09. The standard InChI is InChI=1S/C10H18BrN/c1-12(6-8-2-3-8)7-9-4-10(11)5-9/h8-10H,2-7H2,1H3. The van der Waals surface area contributed by atoms with Crippen LogP contribution in [0, 0.1) is 11.8 Å². The van der Waals surface area contributed by atoms with E-state index in [0.717, 1.165) is 16.7 Å². The molecule has 0 saturated heterocycles. The lowest BCUT2D eigenvalue weighted by Gasteiger charge is -2.34. The van der Waals surface area contributed by atoms with E-state index in [0.29, 0.717) is 0 Å². The Morgan fingerprint density at radius 1 is 1.17 bits per heavy atom. The maximum Gasteiger partial charge on any atom is 0.0152 e. The number of nitrogens with zero attached hydrogens (tertiary/aromatic N) is 1. The van der Waals surface area contributed by atoms with Gasteiger partial charge in [-0.15, -0.1) is 0 Å². The number of halogens is 1. The highest BCUT2D eigenvalue weighted by atomic mass is 79.9. The monoisotopic (exact) mass is 231 g/mol. The van der Waals surface area contributed by atoms with Crippen molar-refractivity contribution >= 4 is 15.9 Å². The summed E-state index contributed by atoms with van der Waals surface area (Å²) >= 11 is 3.64. The first-order chi connectivity index (χ1) is 5.74. The molecule has 0 aromatic carbocycles. The van der Waals surface area contributed by atoms with Gasteiger partial charge in [-0.1, -0.05) is 15.9 Å². The molecule has 70 valence electrons. The maximum absolute atomic E-state index is 3.64. The van der Waals surface area contributed by atoms with E-state index >= 15 is 0 Å². The van der Waals surface area contributed by atoms with E-state index in [1.807, 2.05) is 0 Å². The van der Waals surface area contributed by atoms with Crippen LogP contribution in [0.4, 0.5) is 0 Å². The van der Waals surface area contributed by atoms with Crippen molar-refractivity contribution in [1.29, 1.82) is 0 Å². The largest absolute Gasteiger partial charge is 0.306 e. The second-order valence-corrected chi connectivity index (χ2v) is 5.89. The first-order valence-corrected chi connectivity index (χ1v) is 5.98. The van der Waals surface area contributed by atoms with Crippen LogP contribution in [-0.2, 0) is 0 Å². The molecule has 0 heterocycles. The second-order valence-electron chi connectivity index (χ2n) is 4.60. The highest BCUT2D eigenvalue weighted by Gasteiger charge is 2.29. The highest BCUT2D eigenvalue weighted by Crippen LogP contribution is 2.35. The Labute approximate surface area is 83.6 Å². The molecule has 12 heavy (non-hydrogen) atoms. The summed E-state index contributed by atoms with van der Waals surface area (Å²) in [6.07, 6.45) is 5.76. The van der Waals surface area contributed by atoms with Crippen molar-refractivity contribution in [1.82, 2.24) is 4.90 Å². The molecule has 2 rings (SSSR count). The topological polar surface area (TPSA) is 3.24 Å². The first-order valence-electron chi connectivity index (χ1n) is 5.06. The smallest absolute Gasteiger partial charge is 0.0152 e. The van der Waals surface area contributed by atoms with Gasteiger partial charge in [0.2, 0.25) is 0 Å². The van der Waals surface area contributed by atoms with Gasteiger partial charge in [0, 0.05) is 17.9 Å². The molecule has 1 nitrogen and oxygen atoms in total. The van der Waals surface area contributed by atoms with Crippen molar-refractivity contribution in [3.8, 4) is 0 Å². The fourth-order valence-corrected chi connectivity index (χ4v) is 3.12. The third-order valence-electron chi connectivity index (χ3n) is 3.01. The SMILES string of the molecule is CN(CC1CC1)CC1CC(Br)C1. The van der Waals surface area contributed by atoms with Gasteiger partial charge >= 0.3 is 0 Å². The van der Waals surface area contributed by atoms with Gasteiger partial charge in [0.25, 0.3) is 0 Å². The molecule has 2 aliphatic rings. The van der Waals surface area contributed by atoms with Gasteiger partial charge in [-0.2, -0.15) is 0 Å². The number of rotatable bonds is 4. The van der Waals surface area contributed by atoms with Gasteiger partial charge in [0.15, 0.2) is 0 Å². The molecule has 0 amide bonds. The molecule has 0 aromatic heterocycles. The summed E-state index contributed by atoms with van der Waals surface area (Å²) in [4.78, 5) is 3.36. The molecule has 2 heteroatoms. The third kappa shape index (κ3) is 2.46. The molecule has 0 radical (unpaired) electrons. The molecule has 0 aromatic rings. The van der Waals surface area contributed by atoms with E-state index in [9.17, 15) is 0 Å². The average molecular weight is 232 g/mol. The molecular formula is C10H18BrN. The lowest BCUT2D eigenvalue weighted by molar-refractivity contribution is 0.208. The zero-order chi connectivity index (χ0) is 8.55. The number of alkyl halides is 1. The van der Waals surface area contributed by atoms with Gasteiger partial charge in [-0.3, -0.25) is 0 Å². The van der Waals surface area contributed by atoms with Crippen LogP contribution in [0.1, 0.15) is 25.7 Å². The Kier molecular flexibility index (Phi) is 2.75. The molecule has 0 spiro atoms. The number of hydrogen-bond acceptors (Lipinski definition) is 1.